The minimum Gasteiger partial charge on any atom is -0.508 e. The van der Waals surface area contributed by atoms with Gasteiger partial charge in [0.15, 0.2) is 10.7 Å². The topological polar surface area (TPSA) is 101 Å². The predicted octanol–water partition coefficient (Wildman–Crippen LogP) is 1.16. The van der Waals surface area contributed by atoms with Crippen LogP contribution in [0.1, 0.15) is 0 Å². The number of phenols is 1. The summed E-state index contributed by atoms with van der Waals surface area (Å²) in [4.78, 5) is -0.00485. The highest BCUT2D eigenvalue weighted by atomic mass is 32.2. The molecular weight excluding hydrogens is 302 g/mol. The Bertz CT molecular complexity index is 770. The fraction of sp³-hybridized carbons (Fsp3) is 0. The largest absolute Gasteiger partial charge is 0.508 e. The lowest BCUT2D eigenvalue weighted by atomic mass is 10.3. The van der Waals surface area contributed by atoms with E-state index in [9.17, 15) is 16.8 Å². The number of rotatable bonds is 4. The second kappa shape index (κ2) is 5.51. The number of sulfonamides is 1. The zero-order valence-electron chi connectivity index (χ0n) is 10.1. The van der Waals surface area contributed by atoms with Gasteiger partial charge in [-0.05, 0) is 48.5 Å². The van der Waals surface area contributed by atoms with E-state index >= 15 is 0 Å². The molecule has 6 nitrogen and oxygen atoms in total. The maximum atomic E-state index is 12.0. The summed E-state index contributed by atoms with van der Waals surface area (Å²) in [5.74, 6) is 0.0246. The average molecular weight is 313 g/mol. The Kier molecular flexibility index (Phi) is 3.96. The smallest absolute Gasteiger partial charge is 0.261 e. The second-order valence-electron chi connectivity index (χ2n) is 3.90. The molecule has 0 radical (unpaired) electrons. The van der Waals surface area contributed by atoms with Crippen LogP contribution in [0.5, 0.6) is 5.75 Å². The van der Waals surface area contributed by atoms with Gasteiger partial charge in [-0.15, -0.1) is 0 Å². The van der Waals surface area contributed by atoms with E-state index in [4.69, 9.17) is 5.11 Å². The van der Waals surface area contributed by atoms with E-state index < -0.39 is 20.7 Å². The molecule has 8 heteroatoms. The highest BCUT2D eigenvalue weighted by Gasteiger charge is 2.14. The zero-order chi connectivity index (χ0) is 14.8. The number of anilines is 1. The first kappa shape index (κ1) is 14.4. The molecule has 0 saturated carbocycles. The van der Waals surface area contributed by atoms with Crippen LogP contribution in [-0.2, 0) is 20.7 Å². The Morgan fingerprint density at radius 2 is 1.45 bits per heavy atom. The van der Waals surface area contributed by atoms with Crippen LogP contribution in [0.25, 0.3) is 0 Å². The van der Waals surface area contributed by atoms with E-state index in [-0.39, 0.29) is 15.5 Å². The van der Waals surface area contributed by atoms with Gasteiger partial charge in [-0.2, -0.15) is 0 Å². The van der Waals surface area contributed by atoms with Gasteiger partial charge in [0.05, 0.1) is 9.79 Å². The Morgan fingerprint density at radius 1 is 0.900 bits per heavy atom. The fourth-order valence-electron chi connectivity index (χ4n) is 1.49. The molecule has 0 saturated heterocycles. The van der Waals surface area contributed by atoms with Crippen LogP contribution < -0.4 is 4.72 Å². The molecule has 0 amide bonds. The monoisotopic (exact) mass is 313 g/mol. The first-order valence-corrected chi connectivity index (χ1v) is 8.11. The van der Waals surface area contributed by atoms with Crippen LogP contribution in [-0.4, -0.2) is 21.9 Å². The lowest BCUT2D eigenvalue weighted by molar-refractivity contribution is 0.475. The van der Waals surface area contributed by atoms with Crippen molar-refractivity contribution in [2.75, 3.05) is 4.72 Å². The second-order valence-corrected chi connectivity index (χ2v) is 6.62. The number of nitrogens with one attached hydrogen (secondary N) is 1. The number of aromatic hydroxyl groups is 1. The van der Waals surface area contributed by atoms with Crippen LogP contribution in [0.4, 0.5) is 5.69 Å². The molecular formula is C12H11NO5S2. The molecule has 0 heterocycles. The molecule has 0 bridgehead atoms. The molecule has 0 aliphatic heterocycles. The Morgan fingerprint density at radius 3 is 1.95 bits per heavy atom. The lowest BCUT2D eigenvalue weighted by Crippen LogP contribution is -2.12. The quantitative estimate of drug-likeness (QED) is 0.581. The summed E-state index contributed by atoms with van der Waals surface area (Å²) >= 11 is 0. The van der Waals surface area contributed by atoms with Crippen molar-refractivity contribution >= 4 is 26.4 Å². The van der Waals surface area contributed by atoms with Gasteiger partial charge < -0.3 is 5.11 Å². The van der Waals surface area contributed by atoms with Crippen molar-refractivity contribution in [3.63, 3.8) is 0 Å². The van der Waals surface area contributed by atoms with E-state index in [0.29, 0.717) is 5.69 Å². The van der Waals surface area contributed by atoms with Crippen molar-refractivity contribution in [3.05, 3.63) is 48.5 Å². The molecule has 2 aromatic carbocycles. The van der Waals surface area contributed by atoms with Crippen LogP contribution in [0, 0.1) is 0 Å². The first-order chi connectivity index (χ1) is 9.38. The van der Waals surface area contributed by atoms with Crippen LogP contribution >= 0.6 is 0 Å². The summed E-state index contributed by atoms with van der Waals surface area (Å²) in [5, 5.41) is 9.12. The molecule has 0 spiro atoms. The summed E-state index contributed by atoms with van der Waals surface area (Å²) in [5.41, 5.74) is 0.293. The molecule has 106 valence electrons. The first-order valence-electron chi connectivity index (χ1n) is 5.45. The van der Waals surface area contributed by atoms with Crippen molar-refractivity contribution in [1.29, 1.82) is 0 Å². The summed E-state index contributed by atoms with van der Waals surface area (Å²) in [6, 6.07) is 10.4. The summed E-state index contributed by atoms with van der Waals surface area (Å²) in [6.07, 6.45) is 0. The van der Waals surface area contributed by atoms with Crippen LogP contribution in [0.3, 0.4) is 0 Å². The third kappa shape index (κ3) is 3.28. The lowest BCUT2D eigenvalue weighted by Gasteiger charge is -2.08. The standard InChI is InChI=1S/C12H11NO5S2/c14-10-3-1-9(2-4-10)13-20(17,18)12-7-5-11(6-8-12)19(15)16/h1-8,13-14,19H. The van der Waals surface area contributed by atoms with Crippen LogP contribution in [0.2, 0.25) is 0 Å². The van der Waals surface area contributed by atoms with Crippen molar-refractivity contribution in [2.45, 2.75) is 9.79 Å². The normalized spacial score (nSPS) is 11.4. The highest BCUT2D eigenvalue weighted by molar-refractivity contribution is 7.92. The SMILES string of the molecule is O=[SH](=O)c1ccc(S(=O)(=O)Nc2ccc(O)cc2)cc1. The summed E-state index contributed by atoms with van der Waals surface area (Å²) < 4.78 is 47.9. The molecule has 0 unspecified atom stereocenters. The number of hydrogen-bond donors (Lipinski definition) is 3. The third-order valence-electron chi connectivity index (χ3n) is 2.48. The fourth-order valence-corrected chi connectivity index (χ4v) is 2.94. The van der Waals surface area contributed by atoms with Crippen LogP contribution in [0.15, 0.2) is 58.3 Å². The van der Waals surface area contributed by atoms with Gasteiger partial charge in [-0.3, -0.25) is 4.72 Å². The molecule has 0 aliphatic carbocycles. The van der Waals surface area contributed by atoms with E-state index in [1.807, 2.05) is 0 Å². The number of thiol groups is 1. The predicted molar refractivity (Wildman–Crippen MR) is 73.9 cm³/mol. The van der Waals surface area contributed by atoms with Crippen molar-refractivity contribution in [2.24, 2.45) is 0 Å². The number of phenolic OH excluding ortho intramolecular Hbond substituents is 1. The maximum Gasteiger partial charge on any atom is 0.261 e. The average Bonchev–Trinajstić information content (AvgIpc) is 2.41. The minimum atomic E-state index is -3.80. The van der Waals surface area contributed by atoms with E-state index in [2.05, 4.69) is 4.72 Å². The third-order valence-corrected chi connectivity index (χ3v) is 4.59. The molecule has 20 heavy (non-hydrogen) atoms. The Labute approximate surface area is 117 Å². The van der Waals surface area contributed by atoms with E-state index in [0.717, 1.165) is 0 Å². The maximum absolute atomic E-state index is 12.0. The van der Waals surface area contributed by atoms with Gasteiger partial charge in [0.25, 0.3) is 10.0 Å². The molecule has 2 rings (SSSR count). The molecule has 0 aromatic heterocycles. The van der Waals surface area contributed by atoms with E-state index in [1.165, 1.54) is 48.5 Å². The number of hydrogen-bond acceptors (Lipinski definition) is 5. The highest BCUT2D eigenvalue weighted by Crippen LogP contribution is 2.19. The van der Waals surface area contributed by atoms with E-state index in [1.54, 1.807) is 0 Å². The summed E-state index contributed by atoms with van der Waals surface area (Å²) in [7, 11) is -6.54. The molecule has 0 fully saturated rings. The molecule has 2 aromatic rings. The van der Waals surface area contributed by atoms with Gasteiger partial charge in [-0.1, -0.05) is 0 Å². The summed E-state index contributed by atoms with van der Waals surface area (Å²) in [6.45, 7) is 0. The Hall–Kier alpha value is -2.06. The Balaban J connectivity index is 2.28. The molecule has 0 atom stereocenters. The van der Waals surface area contributed by atoms with Gasteiger partial charge in [0, 0.05) is 5.69 Å². The van der Waals surface area contributed by atoms with Crippen molar-refractivity contribution in [3.8, 4) is 5.75 Å². The van der Waals surface area contributed by atoms with Gasteiger partial charge in [0.1, 0.15) is 5.75 Å². The van der Waals surface area contributed by atoms with Gasteiger partial charge in [-0.25, -0.2) is 16.8 Å². The van der Waals surface area contributed by atoms with Crippen molar-refractivity contribution in [1.82, 2.24) is 0 Å². The number of benzene rings is 2. The molecule has 2 N–H and O–H groups in total. The molecule has 0 aliphatic rings. The zero-order valence-corrected chi connectivity index (χ0v) is 11.8. The van der Waals surface area contributed by atoms with Gasteiger partial charge >= 0.3 is 0 Å². The van der Waals surface area contributed by atoms with Crippen molar-refractivity contribution < 1.29 is 21.9 Å². The van der Waals surface area contributed by atoms with Gasteiger partial charge in [0.2, 0.25) is 0 Å². The minimum absolute atomic E-state index is 0.0246.